The number of nitrogens with one attached hydrogen (secondary N) is 1. The predicted octanol–water partition coefficient (Wildman–Crippen LogP) is 4.42. The number of benzene rings is 2. The maximum absolute atomic E-state index is 12.4. The normalized spacial score (nSPS) is 14.3. The van der Waals surface area contributed by atoms with Crippen molar-refractivity contribution in [2.75, 3.05) is 32.8 Å². The van der Waals surface area contributed by atoms with Crippen molar-refractivity contribution in [1.82, 2.24) is 10.2 Å². The second-order valence-corrected chi connectivity index (χ2v) is 7.43. The first-order chi connectivity index (χ1) is 14.7. The van der Waals surface area contributed by atoms with Crippen molar-refractivity contribution >= 4 is 6.03 Å². The number of urea groups is 1. The molecule has 2 amide bonds. The minimum atomic E-state index is -0.0151. The van der Waals surface area contributed by atoms with Crippen LogP contribution in [0.25, 0.3) is 0 Å². The number of piperidine rings is 1. The minimum Gasteiger partial charge on any atom is -0.494 e. The molecule has 2 aromatic rings. The molecule has 0 atom stereocenters. The smallest absolute Gasteiger partial charge is 0.317 e. The second kappa shape index (κ2) is 11.3. The van der Waals surface area contributed by atoms with Gasteiger partial charge < -0.3 is 24.4 Å². The molecule has 0 spiro atoms. The number of carbonyl (C=O) groups excluding carboxylic acids is 1. The van der Waals surface area contributed by atoms with Gasteiger partial charge in [0.05, 0.1) is 13.2 Å². The number of hydrogen-bond acceptors (Lipinski definition) is 4. The van der Waals surface area contributed by atoms with Crippen LogP contribution in [-0.2, 0) is 0 Å². The summed E-state index contributed by atoms with van der Waals surface area (Å²) in [5.41, 5.74) is 1.18. The van der Waals surface area contributed by atoms with E-state index in [1.54, 1.807) is 0 Å². The maximum Gasteiger partial charge on any atom is 0.317 e. The molecule has 2 aromatic carbocycles. The molecule has 3 rings (SSSR count). The largest absolute Gasteiger partial charge is 0.494 e. The van der Waals surface area contributed by atoms with Gasteiger partial charge in [0.15, 0.2) is 11.5 Å². The lowest BCUT2D eigenvalue weighted by molar-refractivity contribution is 0.107. The summed E-state index contributed by atoms with van der Waals surface area (Å²) >= 11 is 0. The van der Waals surface area contributed by atoms with Crippen molar-refractivity contribution in [3.05, 3.63) is 54.1 Å². The summed E-state index contributed by atoms with van der Waals surface area (Å²) in [6.07, 6.45) is 2.49. The van der Waals surface area contributed by atoms with Crippen molar-refractivity contribution in [1.29, 1.82) is 0 Å². The number of rotatable bonds is 9. The first-order valence-corrected chi connectivity index (χ1v) is 10.8. The molecule has 1 saturated heterocycles. The summed E-state index contributed by atoms with van der Waals surface area (Å²) in [6, 6.07) is 15.7. The first kappa shape index (κ1) is 21.8. The van der Waals surface area contributed by atoms with Crippen LogP contribution in [0.4, 0.5) is 4.79 Å². The summed E-state index contributed by atoms with van der Waals surface area (Å²) in [5.74, 6) is 2.42. The molecule has 30 heavy (non-hydrogen) atoms. The highest BCUT2D eigenvalue weighted by atomic mass is 16.5. The fourth-order valence-corrected chi connectivity index (χ4v) is 3.45. The van der Waals surface area contributed by atoms with E-state index in [4.69, 9.17) is 14.2 Å². The van der Waals surface area contributed by atoms with Crippen LogP contribution in [0.5, 0.6) is 17.2 Å². The number of hydrogen-bond donors (Lipinski definition) is 1. The third kappa shape index (κ3) is 6.58. The van der Waals surface area contributed by atoms with Gasteiger partial charge in [-0.2, -0.15) is 0 Å². The highest BCUT2D eigenvalue weighted by Crippen LogP contribution is 2.29. The maximum atomic E-state index is 12.4. The summed E-state index contributed by atoms with van der Waals surface area (Å²) in [7, 11) is 0. The van der Waals surface area contributed by atoms with Gasteiger partial charge in [-0.05, 0) is 50.1 Å². The molecule has 0 unspecified atom stereocenters. The molecule has 1 heterocycles. The number of likely N-dealkylation sites (tertiary alicyclic amines) is 1. The van der Waals surface area contributed by atoms with E-state index in [1.807, 2.05) is 67.3 Å². The number of aryl methyl sites for hydroxylation is 1. The van der Waals surface area contributed by atoms with Crippen LogP contribution in [-0.4, -0.2) is 49.9 Å². The highest BCUT2D eigenvalue weighted by molar-refractivity contribution is 5.74. The summed E-state index contributed by atoms with van der Waals surface area (Å²) in [4.78, 5) is 14.3. The van der Waals surface area contributed by atoms with Crippen molar-refractivity contribution in [3.63, 3.8) is 0 Å². The Morgan fingerprint density at radius 2 is 1.83 bits per heavy atom. The third-order valence-corrected chi connectivity index (χ3v) is 5.03. The van der Waals surface area contributed by atoms with Gasteiger partial charge in [0.25, 0.3) is 0 Å². The van der Waals surface area contributed by atoms with Gasteiger partial charge in [0.1, 0.15) is 11.9 Å². The Balaban J connectivity index is 1.33. The molecule has 0 aromatic heterocycles. The minimum absolute atomic E-state index is 0.0151. The average Bonchev–Trinajstić information content (AvgIpc) is 2.75. The van der Waals surface area contributed by atoms with Crippen LogP contribution in [0.1, 0.15) is 31.7 Å². The first-order valence-electron chi connectivity index (χ1n) is 10.8. The summed E-state index contributed by atoms with van der Waals surface area (Å²) < 4.78 is 17.5. The van der Waals surface area contributed by atoms with Crippen LogP contribution in [0.2, 0.25) is 0 Å². The molecule has 6 heteroatoms. The Hall–Kier alpha value is -2.89. The fraction of sp³-hybridized carbons (Fsp3) is 0.458. The van der Waals surface area contributed by atoms with Crippen molar-refractivity contribution in [3.8, 4) is 17.2 Å². The van der Waals surface area contributed by atoms with E-state index in [-0.39, 0.29) is 12.1 Å². The van der Waals surface area contributed by atoms with E-state index in [1.165, 1.54) is 5.56 Å². The highest BCUT2D eigenvalue weighted by Gasteiger charge is 2.24. The van der Waals surface area contributed by atoms with E-state index in [2.05, 4.69) is 5.32 Å². The van der Waals surface area contributed by atoms with Crippen LogP contribution in [0.15, 0.2) is 48.5 Å². The Morgan fingerprint density at radius 3 is 2.57 bits per heavy atom. The lowest BCUT2D eigenvalue weighted by Crippen LogP contribution is -2.46. The van der Waals surface area contributed by atoms with Crippen molar-refractivity contribution < 1.29 is 19.0 Å². The quantitative estimate of drug-likeness (QED) is 0.620. The van der Waals surface area contributed by atoms with Gasteiger partial charge in [-0.1, -0.05) is 24.3 Å². The van der Waals surface area contributed by atoms with E-state index >= 15 is 0 Å². The van der Waals surface area contributed by atoms with E-state index in [0.717, 1.165) is 36.5 Å². The zero-order valence-electron chi connectivity index (χ0n) is 17.9. The van der Waals surface area contributed by atoms with Gasteiger partial charge >= 0.3 is 6.03 Å². The Bertz CT molecular complexity index is 803. The Labute approximate surface area is 179 Å². The fourth-order valence-electron chi connectivity index (χ4n) is 3.45. The number of carbonyl (C=O) groups is 1. The number of nitrogens with zero attached hydrogens (tertiary/aromatic N) is 1. The predicted molar refractivity (Wildman–Crippen MR) is 118 cm³/mol. The molecule has 0 bridgehead atoms. The van der Waals surface area contributed by atoms with Crippen molar-refractivity contribution in [2.24, 2.45) is 0 Å². The zero-order chi connectivity index (χ0) is 21.2. The summed E-state index contributed by atoms with van der Waals surface area (Å²) in [5, 5.41) is 2.99. The molecule has 1 N–H and O–H groups in total. The molecule has 0 aliphatic carbocycles. The van der Waals surface area contributed by atoms with Crippen LogP contribution in [0.3, 0.4) is 0 Å². The van der Waals surface area contributed by atoms with Gasteiger partial charge in [-0.25, -0.2) is 4.79 Å². The lowest BCUT2D eigenvalue weighted by atomic mass is 10.1. The van der Waals surface area contributed by atoms with E-state index < -0.39 is 0 Å². The second-order valence-electron chi connectivity index (χ2n) is 7.43. The van der Waals surface area contributed by atoms with E-state index in [9.17, 15) is 4.79 Å². The summed E-state index contributed by atoms with van der Waals surface area (Å²) in [6.45, 7) is 7.17. The van der Waals surface area contributed by atoms with Crippen LogP contribution in [0, 0.1) is 6.92 Å². The molecule has 162 valence electrons. The SMILES string of the molecule is CCOc1ccccc1OC1CCN(C(=O)NCCCOc2cccc(C)c2)CC1. The van der Waals surface area contributed by atoms with Gasteiger partial charge in [-0.3, -0.25) is 0 Å². The zero-order valence-corrected chi connectivity index (χ0v) is 17.9. The van der Waals surface area contributed by atoms with E-state index in [0.29, 0.717) is 32.8 Å². The van der Waals surface area contributed by atoms with Gasteiger partial charge in [0, 0.05) is 32.5 Å². The van der Waals surface area contributed by atoms with Crippen molar-refractivity contribution in [2.45, 2.75) is 39.2 Å². The molecule has 0 radical (unpaired) electrons. The molecule has 1 fully saturated rings. The van der Waals surface area contributed by atoms with Crippen LogP contribution < -0.4 is 19.5 Å². The molecule has 1 aliphatic rings. The molecular weight excluding hydrogens is 380 g/mol. The van der Waals surface area contributed by atoms with Gasteiger partial charge in [0.2, 0.25) is 0 Å². The number of amides is 2. The topological polar surface area (TPSA) is 60.0 Å². The molecular formula is C24H32N2O4. The Kier molecular flexibility index (Phi) is 8.24. The standard InChI is InChI=1S/C24H32N2O4/c1-3-28-22-10-4-5-11-23(22)30-20-12-15-26(16-13-20)24(27)25-14-7-17-29-21-9-6-8-19(2)18-21/h4-6,8-11,18,20H,3,7,12-17H2,1-2H3,(H,25,27). The monoisotopic (exact) mass is 412 g/mol. The molecule has 0 saturated carbocycles. The number of ether oxygens (including phenoxy) is 3. The average molecular weight is 413 g/mol. The Morgan fingerprint density at radius 1 is 1.07 bits per heavy atom. The third-order valence-electron chi connectivity index (χ3n) is 5.03. The molecule has 1 aliphatic heterocycles. The number of para-hydroxylation sites is 2. The van der Waals surface area contributed by atoms with Gasteiger partial charge in [-0.15, -0.1) is 0 Å². The lowest BCUT2D eigenvalue weighted by Gasteiger charge is -2.32. The van der Waals surface area contributed by atoms with Crippen LogP contribution >= 0.6 is 0 Å². The molecule has 6 nitrogen and oxygen atoms in total.